The lowest BCUT2D eigenvalue weighted by Crippen LogP contribution is -2.45. The zero-order valence-electron chi connectivity index (χ0n) is 12.2. The Bertz CT molecular complexity index is 685. The van der Waals surface area contributed by atoms with Crippen LogP contribution in [0.1, 0.15) is 18.9 Å². The molecule has 0 spiro atoms. The molecule has 128 valence electrons. The molecule has 1 N–H and O–H groups in total. The fourth-order valence-electron chi connectivity index (χ4n) is 2.64. The van der Waals surface area contributed by atoms with E-state index in [1.54, 1.807) is 6.92 Å². The minimum atomic E-state index is -4.55. The molecule has 23 heavy (non-hydrogen) atoms. The zero-order valence-corrected chi connectivity index (χ0v) is 13.1. The van der Waals surface area contributed by atoms with E-state index in [1.807, 2.05) is 0 Å². The quantitative estimate of drug-likeness (QED) is 0.908. The van der Waals surface area contributed by atoms with E-state index in [4.69, 9.17) is 5.11 Å². The molecule has 0 amide bonds. The van der Waals surface area contributed by atoms with Crippen molar-refractivity contribution in [2.75, 3.05) is 13.1 Å². The second kappa shape index (κ2) is 6.12. The molecule has 2 rings (SSSR count). The molecule has 5 nitrogen and oxygen atoms in total. The van der Waals surface area contributed by atoms with Crippen LogP contribution in [0.15, 0.2) is 29.2 Å². The van der Waals surface area contributed by atoms with Crippen molar-refractivity contribution in [3.05, 3.63) is 29.8 Å². The van der Waals surface area contributed by atoms with E-state index in [2.05, 4.69) is 0 Å². The number of benzene rings is 1. The largest absolute Gasteiger partial charge is 0.481 e. The standard InChI is InChI=1S/C14H16F3NO4S/c1-9-6-10(13(19)20)8-18(7-9)23(21,22)12-4-2-11(3-5-12)14(15,16)17/h2-5,9-10H,6-8H2,1H3,(H,19,20). The molecule has 2 unspecified atom stereocenters. The summed E-state index contributed by atoms with van der Waals surface area (Å²) in [5.41, 5.74) is -0.938. The van der Waals surface area contributed by atoms with Crippen LogP contribution in [0.25, 0.3) is 0 Å². The van der Waals surface area contributed by atoms with E-state index in [0.717, 1.165) is 16.4 Å². The Hall–Kier alpha value is -1.61. The number of hydrogen-bond donors (Lipinski definition) is 1. The van der Waals surface area contributed by atoms with Crippen LogP contribution in [-0.4, -0.2) is 36.9 Å². The van der Waals surface area contributed by atoms with Gasteiger partial charge >= 0.3 is 12.1 Å². The van der Waals surface area contributed by atoms with Crippen LogP contribution in [0.3, 0.4) is 0 Å². The molecule has 1 aliphatic rings. The van der Waals surface area contributed by atoms with Crippen molar-refractivity contribution in [3.63, 3.8) is 0 Å². The number of piperidine rings is 1. The summed E-state index contributed by atoms with van der Waals surface area (Å²) >= 11 is 0. The molecule has 0 saturated carbocycles. The summed E-state index contributed by atoms with van der Waals surface area (Å²) in [5.74, 6) is -2.04. The van der Waals surface area contributed by atoms with Crippen molar-refractivity contribution < 1.29 is 31.5 Å². The van der Waals surface area contributed by atoms with Crippen LogP contribution >= 0.6 is 0 Å². The summed E-state index contributed by atoms with van der Waals surface area (Å²) in [6, 6.07) is 3.20. The maximum atomic E-state index is 12.5. The summed E-state index contributed by atoms with van der Waals surface area (Å²) in [5, 5.41) is 9.09. The molecular weight excluding hydrogens is 335 g/mol. The van der Waals surface area contributed by atoms with Crippen molar-refractivity contribution in [1.82, 2.24) is 4.31 Å². The molecule has 0 radical (unpaired) electrons. The van der Waals surface area contributed by atoms with E-state index in [0.29, 0.717) is 18.6 Å². The fraction of sp³-hybridized carbons (Fsp3) is 0.500. The van der Waals surface area contributed by atoms with Crippen molar-refractivity contribution >= 4 is 16.0 Å². The van der Waals surface area contributed by atoms with E-state index >= 15 is 0 Å². The monoisotopic (exact) mass is 351 g/mol. The average Bonchev–Trinajstić information content (AvgIpc) is 2.45. The summed E-state index contributed by atoms with van der Waals surface area (Å²) in [7, 11) is -4.02. The number of carboxylic acid groups (broad SMARTS) is 1. The maximum absolute atomic E-state index is 12.5. The third kappa shape index (κ3) is 3.84. The SMILES string of the molecule is CC1CC(C(=O)O)CN(S(=O)(=O)c2ccc(C(F)(F)F)cc2)C1. The molecule has 1 aromatic carbocycles. The molecule has 9 heteroatoms. The van der Waals surface area contributed by atoms with Crippen molar-refractivity contribution in [2.24, 2.45) is 11.8 Å². The number of alkyl halides is 3. The topological polar surface area (TPSA) is 74.7 Å². The molecule has 1 saturated heterocycles. The number of sulfonamides is 1. The highest BCUT2D eigenvalue weighted by Crippen LogP contribution is 2.31. The van der Waals surface area contributed by atoms with Gasteiger partial charge in [-0.05, 0) is 36.6 Å². The Labute approximate surface area is 131 Å². The maximum Gasteiger partial charge on any atom is 0.416 e. The predicted octanol–water partition coefficient (Wildman–Crippen LogP) is 2.44. The smallest absolute Gasteiger partial charge is 0.416 e. The highest BCUT2D eigenvalue weighted by Gasteiger charge is 2.37. The number of hydrogen-bond acceptors (Lipinski definition) is 3. The van der Waals surface area contributed by atoms with Crippen molar-refractivity contribution in [3.8, 4) is 0 Å². The normalized spacial score (nSPS) is 23.7. The highest BCUT2D eigenvalue weighted by molar-refractivity contribution is 7.89. The van der Waals surface area contributed by atoms with Crippen LogP contribution in [-0.2, 0) is 21.0 Å². The number of rotatable bonds is 3. The number of nitrogens with zero attached hydrogens (tertiary/aromatic N) is 1. The third-order valence-electron chi connectivity index (χ3n) is 3.79. The van der Waals surface area contributed by atoms with Gasteiger partial charge in [-0.25, -0.2) is 8.42 Å². The third-order valence-corrected chi connectivity index (χ3v) is 5.64. The lowest BCUT2D eigenvalue weighted by atomic mass is 9.92. The summed E-state index contributed by atoms with van der Waals surface area (Å²) in [4.78, 5) is 10.8. The zero-order chi connectivity index (χ0) is 17.4. The summed E-state index contributed by atoms with van der Waals surface area (Å²) in [6.45, 7) is 1.71. The number of carboxylic acids is 1. The molecule has 1 aromatic rings. The number of carbonyl (C=O) groups is 1. The second-order valence-corrected chi connectivity index (χ2v) is 7.66. The van der Waals surface area contributed by atoms with Crippen LogP contribution in [0.2, 0.25) is 0 Å². The second-order valence-electron chi connectivity index (χ2n) is 5.72. The summed E-state index contributed by atoms with van der Waals surface area (Å²) in [6.07, 6.45) is -4.18. The molecule has 0 bridgehead atoms. The minimum Gasteiger partial charge on any atom is -0.481 e. The van der Waals surface area contributed by atoms with Gasteiger partial charge in [0.1, 0.15) is 0 Å². The average molecular weight is 351 g/mol. The molecular formula is C14H16F3NO4S. The Kier molecular flexibility index (Phi) is 4.72. The van der Waals surface area contributed by atoms with Gasteiger partial charge in [-0.2, -0.15) is 17.5 Å². The lowest BCUT2D eigenvalue weighted by Gasteiger charge is -2.33. The lowest BCUT2D eigenvalue weighted by molar-refractivity contribution is -0.143. The van der Waals surface area contributed by atoms with Gasteiger partial charge < -0.3 is 5.11 Å². The fourth-order valence-corrected chi connectivity index (χ4v) is 4.25. The molecule has 2 atom stereocenters. The molecule has 0 aliphatic carbocycles. The Morgan fingerprint density at radius 2 is 1.78 bits per heavy atom. The van der Waals surface area contributed by atoms with Crippen molar-refractivity contribution in [1.29, 1.82) is 0 Å². The van der Waals surface area contributed by atoms with Gasteiger partial charge in [0.15, 0.2) is 0 Å². The minimum absolute atomic E-state index is 0.144. The van der Waals surface area contributed by atoms with Gasteiger partial charge in [-0.1, -0.05) is 6.92 Å². The van der Waals surface area contributed by atoms with Crippen LogP contribution in [0, 0.1) is 11.8 Å². The number of halogens is 3. The first-order chi connectivity index (χ1) is 10.5. The van der Waals surface area contributed by atoms with E-state index in [9.17, 15) is 26.4 Å². The predicted molar refractivity (Wildman–Crippen MR) is 75.1 cm³/mol. The first-order valence-electron chi connectivity index (χ1n) is 6.92. The first kappa shape index (κ1) is 17.7. The highest BCUT2D eigenvalue weighted by atomic mass is 32.2. The Morgan fingerprint density at radius 1 is 1.22 bits per heavy atom. The molecule has 1 heterocycles. The van der Waals surface area contributed by atoms with Gasteiger partial charge in [0, 0.05) is 13.1 Å². The van der Waals surface area contributed by atoms with Crippen LogP contribution < -0.4 is 0 Å². The number of aliphatic carboxylic acids is 1. The first-order valence-corrected chi connectivity index (χ1v) is 8.36. The van der Waals surface area contributed by atoms with Gasteiger partial charge in [0.2, 0.25) is 10.0 Å². The van der Waals surface area contributed by atoms with Gasteiger partial charge in [0.05, 0.1) is 16.4 Å². The van der Waals surface area contributed by atoms with Gasteiger partial charge in [0.25, 0.3) is 0 Å². The van der Waals surface area contributed by atoms with E-state index in [-0.39, 0.29) is 23.9 Å². The van der Waals surface area contributed by atoms with Crippen LogP contribution in [0.5, 0.6) is 0 Å². The Morgan fingerprint density at radius 3 is 2.26 bits per heavy atom. The van der Waals surface area contributed by atoms with E-state index in [1.165, 1.54) is 0 Å². The Balaban J connectivity index is 2.28. The molecule has 1 fully saturated rings. The van der Waals surface area contributed by atoms with E-state index < -0.39 is 33.7 Å². The summed E-state index contributed by atoms with van der Waals surface area (Å²) < 4.78 is 63.7. The van der Waals surface area contributed by atoms with Crippen LogP contribution in [0.4, 0.5) is 13.2 Å². The molecule has 0 aromatic heterocycles. The van der Waals surface area contributed by atoms with Gasteiger partial charge in [-0.3, -0.25) is 4.79 Å². The van der Waals surface area contributed by atoms with Crippen molar-refractivity contribution in [2.45, 2.75) is 24.4 Å². The van der Waals surface area contributed by atoms with Gasteiger partial charge in [-0.15, -0.1) is 0 Å². The molecule has 1 aliphatic heterocycles.